The third kappa shape index (κ3) is 5.60. The van der Waals surface area contributed by atoms with Crippen molar-refractivity contribution in [3.8, 4) is 0 Å². The number of ketones is 1. The van der Waals surface area contributed by atoms with Crippen molar-refractivity contribution in [3.63, 3.8) is 0 Å². The Hall–Kier alpha value is -0.860. The maximum atomic E-state index is 12.4. The zero-order valence-electron chi connectivity index (χ0n) is 15.7. The molecule has 3 heteroatoms. The van der Waals surface area contributed by atoms with Crippen LogP contribution in [0.2, 0.25) is 0 Å². The molecule has 0 aliphatic heterocycles. The molecule has 2 rings (SSSR count). The molecule has 0 bridgehead atoms. The average Bonchev–Trinajstić information content (AvgIpc) is 2.60. The molecule has 2 aliphatic rings. The highest BCUT2D eigenvalue weighted by Crippen LogP contribution is 2.41. The Morgan fingerprint density at radius 1 is 0.958 bits per heavy atom. The van der Waals surface area contributed by atoms with Gasteiger partial charge in [-0.2, -0.15) is 0 Å². The maximum absolute atomic E-state index is 12.4. The number of hydrogen-bond acceptors (Lipinski definition) is 3. The lowest BCUT2D eigenvalue weighted by Gasteiger charge is -2.36. The van der Waals surface area contributed by atoms with Gasteiger partial charge in [-0.3, -0.25) is 9.59 Å². The van der Waals surface area contributed by atoms with E-state index in [-0.39, 0.29) is 11.8 Å². The SMILES string of the molecule is CCCCOC(=O)[C@@H]1CC[C@@H](C2CCC(CCCC)CC2)CC1=O. The first-order chi connectivity index (χ1) is 11.7. The van der Waals surface area contributed by atoms with Crippen molar-refractivity contribution in [2.75, 3.05) is 6.61 Å². The summed E-state index contributed by atoms with van der Waals surface area (Å²) in [6, 6.07) is 0. The van der Waals surface area contributed by atoms with Crippen molar-refractivity contribution >= 4 is 11.8 Å². The van der Waals surface area contributed by atoms with Crippen LogP contribution in [-0.4, -0.2) is 18.4 Å². The standard InChI is InChI=1S/C21H36O3/c1-3-5-7-16-8-10-17(11-9-16)18-12-13-19(20(22)15-18)21(23)24-14-6-4-2/h16-19H,3-15H2,1-2H3/t16?,17?,18-,19-/m1/s1. The molecule has 24 heavy (non-hydrogen) atoms. The molecule has 0 aromatic heterocycles. The lowest BCUT2D eigenvalue weighted by atomic mass is 9.68. The van der Waals surface area contributed by atoms with E-state index in [1.807, 2.05) is 0 Å². The molecule has 0 N–H and O–H groups in total. The molecule has 0 heterocycles. The minimum atomic E-state index is -0.473. The topological polar surface area (TPSA) is 43.4 Å². The van der Waals surface area contributed by atoms with Gasteiger partial charge < -0.3 is 4.74 Å². The monoisotopic (exact) mass is 336 g/mol. The van der Waals surface area contributed by atoms with Gasteiger partial charge in [-0.25, -0.2) is 0 Å². The molecule has 2 saturated carbocycles. The van der Waals surface area contributed by atoms with Crippen LogP contribution in [0.5, 0.6) is 0 Å². The molecule has 2 aliphatic carbocycles. The summed E-state index contributed by atoms with van der Waals surface area (Å²) < 4.78 is 5.26. The smallest absolute Gasteiger partial charge is 0.316 e. The lowest BCUT2D eigenvalue weighted by Crippen LogP contribution is -2.35. The van der Waals surface area contributed by atoms with E-state index in [1.165, 1.54) is 44.9 Å². The number of rotatable bonds is 8. The third-order valence-electron chi connectivity index (χ3n) is 6.23. The van der Waals surface area contributed by atoms with Crippen LogP contribution in [0.4, 0.5) is 0 Å². The highest BCUT2D eigenvalue weighted by atomic mass is 16.5. The van der Waals surface area contributed by atoms with Gasteiger partial charge in [0, 0.05) is 6.42 Å². The molecule has 0 spiro atoms. The van der Waals surface area contributed by atoms with Crippen molar-refractivity contribution in [3.05, 3.63) is 0 Å². The number of esters is 1. The van der Waals surface area contributed by atoms with Gasteiger partial charge in [-0.05, 0) is 49.9 Å². The van der Waals surface area contributed by atoms with Crippen LogP contribution >= 0.6 is 0 Å². The highest BCUT2D eigenvalue weighted by molar-refractivity contribution is 5.99. The Labute approximate surface area is 147 Å². The molecule has 0 unspecified atom stereocenters. The Balaban J connectivity index is 1.73. The molecular formula is C21H36O3. The second kappa shape index (κ2) is 10.2. The van der Waals surface area contributed by atoms with Crippen molar-refractivity contribution in [2.45, 2.75) is 90.9 Å². The van der Waals surface area contributed by atoms with Gasteiger partial charge in [0.15, 0.2) is 0 Å². The molecule has 0 amide bonds. The van der Waals surface area contributed by atoms with Gasteiger partial charge >= 0.3 is 5.97 Å². The second-order valence-corrected chi connectivity index (χ2v) is 8.00. The largest absolute Gasteiger partial charge is 0.465 e. The summed E-state index contributed by atoms with van der Waals surface area (Å²) in [6.45, 7) is 4.80. The third-order valence-corrected chi connectivity index (χ3v) is 6.23. The summed E-state index contributed by atoms with van der Waals surface area (Å²) in [7, 11) is 0. The van der Waals surface area contributed by atoms with Crippen LogP contribution in [0.3, 0.4) is 0 Å². The Morgan fingerprint density at radius 2 is 1.62 bits per heavy atom. The Morgan fingerprint density at radius 3 is 2.25 bits per heavy atom. The fourth-order valence-electron chi connectivity index (χ4n) is 4.55. The predicted molar refractivity (Wildman–Crippen MR) is 96.7 cm³/mol. The quantitative estimate of drug-likeness (QED) is 0.343. The molecule has 0 aromatic carbocycles. The normalized spacial score (nSPS) is 31.0. The van der Waals surface area contributed by atoms with E-state index in [4.69, 9.17) is 4.74 Å². The first kappa shape index (κ1) is 19.5. The maximum Gasteiger partial charge on any atom is 0.316 e. The van der Waals surface area contributed by atoms with E-state index < -0.39 is 5.92 Å². The first-order valence-corrected chi connectivity index (χ1v) is 10.3. The van der Waals surface area contributed by atoms with Crippen molar-refractivity contribution in [2.24, 2.45) is 23.7 Å². The van der Waals surface area contributed by atoms with Crippen molar-refractivity contribution in [1.82, 2.24) is 0 Å². The van der Waals surface area contributed by atoms with Gasteiger partial charge in [-0.1, -0.05) is 52.4 Å². The lowest BCUT2D eigenvalue weighted by molar-refractivity contribution is -0.154. The number of Topliss-reactive ketones (excluding diaryl/α,β-unsaturated/α-hetero) is 1. The summed E-state index contributed by atoms with van der Waals surface area (Å²) in [6.07, 6.45) is 13.6. The summed E-state index contributed by atoms with van der Waals surface area (Å²) in [5.74, 6) is 1.55. The van der Waals surface area contributed by atoms with Crippen LogP contribution in [0.1, 0.15) is 90.9 Å². The zero-order valence-corrected chi connectivity index (χ0v) is 15.7. The summed E-state index contributed by atoms with van der Waals surface area (Å²) >= 11 is 0. The van der Waals surface area contributed by atoms with E-state index in [1.54, 1.807) is 0 Å². The number of carbonyl (C=O) groups excluding carboxylic acids is 2. The van der Waals surface area contributed by atoms with E-state index in [2.05, 4.69) is 13.8 Å². The fraction of sp³-hybridized carbons (Fsp3) is 0.905. The van der Waals surface area contributed by atoms with Crippen LogP contribution in [0, 0.1) is 23.7 Å². The van der Waals surface area contributed by atoms with Crippen molar-refractivity contribution < 1.29 is 14.3 Å². The number of carbonyl (C=O) groups is 2. The predicted octanol–water partition coefficient (Wildman–Crippen LogP) is 5.31. The summed E-state index contributed by atoms with van der Waals surface area (Å²) in [5.41, 5.74) is 0. The minimum absolute atomic E-state index is 0.140. The molecule has 0 saturated heterocycles. The van der Waals surface area contributed by atoms with Crippen LogP contribution in [-0.2, 0) is 14.3 Å². The first-order valence-electron chi connectivity index (χ1n) is 10.3. The van der Waals surface area contributed by atoms with E-state index in [9.17, 15) is 9.59 Å². The second-order valence-electron chi connectivity index (χ2n) is 8.00. The van der Waals surface area contributed by atoms with Gasteiger partial charge in [0.2, 0.25) is 0 Å². The van der Waals surface area contributed by atoms with Crippen LogP contribution < -0.4 is 0 Å². The highest BCUT2D eigenvalue weighted by Gasteiger charge is 2.38. The Kier molecular flexibility index (Phi) is 8.28. The summed E-state index contributed by atoms with van der Waals surface area (Å²) in [4.78, 5) is 24.5. The van der Waals surface area contributed by atoms with E-state index in [0.29, 0.717) is 31.3 Å². The van der Waals surface area contributed by atoms with Crippen LogP contribution in [0.15, 0.2) is 0 Å². The molecule has 2 atom stereocenters. The van der Waals surface area contributed by atoms with Crippen LogP contribution in [0.25, 0.3) is 0 Å². The van der Waals surface area contributed by atoms with E-state index in [0.717, 1.165) is 25.2 Å². The molecule has 0 radical (unpaired) electrons. The Bertz CT molecular complexity index is 396. The number of hydrogen-bond donors (Lipinski definition) is 0. The molecule has 138 valence electrons. The van der Waals surface area contributed by atoms with Crippen molar-refractivity contribution in [1.29, 1.82) is 0 Å². The molecule has 2 fully saturated rings. The van der Waals surface area contributed by atoms with Gasteiger partial charge in [0.25, 0.3) is 0 Å². The van der Waals surface area contributed by atoms with Gasteiger partial charge in [0.1, 0.15) is 11.7 Å². The zero-order chi connectivity index (χ0) is 17.4. The number of unbranched alkanes of at least 4 members (excludes halogenated alkanes) is 2. The molecule has 0 aromatic rings. The minimum Gasteiger partial charge on any atom is -0.465 e. The average molecular weight is 337 g/mol. The van der Waals surface area contributed by atoms with Gasteiger partial charge in [-0.15, -0.1) is 0 Å². The molecule has 3 nitrogen and oxygen atoms in total. The van der Waals surface area contributed by atoms with E-state index >= 15 is 0 Å². The van der Waals surface area contributed by atoms with Gasteiger partial charge in [0.05, 0.1) is 6.61 Å². The summed E-state index contributed by atoms with van der Waals surface area (Å²) in [5, 5.41) is 0. The number of ether oxygens (including phenoxy) is 1. The molecular weight excluding hydrogens is 300 g/mol. The fourth-order valence-corrected chi connectivity index (χ4v) is 4.55.